The predicted octanol–water partition coefficient (Wildman–Crippen LogP) is 3.08. The summed E-state index contributed by atoms with van der Waals surface area (Å²) in [7, 11) is 3.33. The zero-order valence-electron chi connectivity index (χ0n) is 15.9. The van der Waals surface area contributed by atoms with Crippen molar-refractivity contribution >= 4 is 16.9 Å². The SMILES string of the molecule is COc1ccc(C2CC(NC(=NCc3ccccc3)SC)NN2)c(OC)c1. The van der Waals surface area contributed by atoms with Gasteiger partial charge >= 0.3 is 0 Å². The average Bonchev–Trinajstić information content (AvgIpc) is 3.19. The summed E-state index contributed by atoms with van der Waals surface area (Å²) in [6, 6.07) is 16.3. The van der Waals surface area contributed by atoms with Crippen molar-refractivity contribution in [1.29, 1.82) is 0 Å². The van der Waals surface area contributed by atoms with E-state index >= 15 is 0 Å². The Kier molecular flexibility index (Phi) is 6.98. The largest absolute Gasteiger partial charge is 0.497 e. The van der Waals surface area contributed by atoms with Gasteiger partial charge in [-0.25, -0.2) is 10.9 Å². The summed E-state index contributed by atoms with van der Waals surface area (Å²) in [5.41, 5.74) is 8.94. The molecule has 0 saturated carbocycles. The van der Waals surface area contributed by atoms with Gasteiger partial charge in [0.05, 0.1) is 33.0 Å². The number of hydrogen-bond donors (Lipinski definition) is 3. The molecule has 6 nitrogen and oxygen atoms in total. The minimum atomic E-state index is 0.0868. The van der Waals surface area contributed by atoms with E-state index in [9.17, 15) is 0 Å². The molecule has 2 atom stereocenters. The molecule has 3 N–H and O–H groups in total. The molecule has 7 heteroatoms. The van der Waals surface area contributed by atoms with Crippen molar-refractivity contribution in [1.82, 2.24) is 16.2 Å². The minimum Gasteiger partial charge on any atom is -0.497 e. The molecular weight excluding hydrogens is 360 g/mol. The molecule has 27 heavy (non-hydrogen) atoms. The van der Waals surface area contributed by atoms with E-state index in [1.807, 2.05) is 42.7 Å². The zero-order chi connectivity index (χ0) is 19.1. The molecule has 144 valence electrons. The molecule has 1 fully saturated rings. The number of nitrogens with one attached hydrogen (secondary N) is 3. The first-order valence-corrected chi connectivity index (χ1v) is 10.1. The second-order valence-electron chi connectivity index (χ2n) is 6.19. The first kappa shape index (κ1) is 19.5. The Morgan fingerprint density at radius 2 is 1.96 bits per heavy atom. The molecular formula is C20H26N4O2S. The van der Waals surface area contributed by atoms with Gasteiger partial charge in [0.25, 0.3) is 0 Å². The molecule has 1 heterocycles. The monoisotopic (exact) mass is 386 g/mol. The maximum absolute atomic E-state index is 5.53. The van der Waals surface area contributed by atoms with E-state index in [0.717, 1.165) is 28.7 Å². The van der Waals surface area contributed by atoms with Crippen LogP contribution in [0.1, 0.15) is 23.6 Å². The fourth-order valence-electron chi connectivity index (χ4n) is 3.03. The topological polar surface area (TPSA) is 66.9 Å². The zero-order valence-corrected chi connectivity index (χ0v) is 16.7. The molecule has 0 radical (unpaired) electrons. The Morgan fingerprint density at radius 1 is 1.15 bits per heavy atom. The van der Waals surface area contributed by atoms with Crippen LogP contribution in [0, 0.1) is 0 Å². The van der Waals surface area contributed by atoms with Crippen LogP contribution < -0.4 is 25.6 Å². The highest BCUT2D eigenvalue weighted by molar-refractivity contribution is 8.13. The van der Waals surface area contributed by atoms with Crippen LogP contribution in [0.25, 0.3) is 0 Å². The predicted molar refractivity (Wildman–Crippen MR) is 111 cm³/mol. The molecule has 0 spiro atoms. The maximum Gasteiger partial charge on any atom is 0.157 e. The van der Waals surface area contributed by atoms with Crippen molar-refractivity contribution in [3.63, 3.8) is 0 Å². The third-order valence-corrected chi connectivity index (χ3v) is 5.09. The number of ether oxygens (including phenoxy) is 2. The van der Waals surface area contributed by atoms with E-state index in [1.54, 1.807) is 26.0 Å². The highest BCUT2D eigenvalue weighted by atomic mass is 32.2. The van der Waals surface area contributed by atoms with Crippen LogP contribution in [-0.4, -0.2) is 31.8 Å². The molecule has 0 bridgehead atoms. The number of thioether (sulfide) groups is 1. The van der Waals surface area contributed by atoms with E-state index in [2.05, 4.69) is 33.3 Å². The van der Waals surface area contributed by atoms with Crippen molar-refractivity contribution in [3.8, 4) is 11.5 Å². The molecule has 2 aromatic rings. The second-order valence-corrected chi connectivity index (χ2v) is 6.99. The van der Waals surface area contributed by atoms with Gasteiger partial charge in [-0.3, -0.25) is 4.99 Å². The summed E-state index contributed by atoms with van der Waals surface area (Å²) in [6.45, 7) is 0.667. The van der Waals surface area contributed by atoms with Gasteiger partial charge < -0.3 is 14.8 Å². The number of hydrogen-bond acceptors (Lipinski definition) is 6. The van der Waals surface area contributed by atoms with Crippen LogP contribution in [0.15, 0.2) is 53.5 Å². The number of hydrazine groups is 1. The van der Waals surface area contributed by atoms with E-state index < -0.39 is 0 Å². The third kappa shape index (κ3) is 5.15. The van der Waals surface area contributed by atoms with Gasteiger partial charge in [0.1, 0.15) is 11.5 Å². The fourth-order valence-corrected chi connectivity index (χ4v) is 3.48. The van der Waals surface area contributed by atoms with Gasteiger partial charge in [0, 0.05) is 18.1 Å². The number of methoxy groups -OCH3 is 2. The maximum atomic E-state index is 5.53. The first-order chi connectivity index (χ1) is 13.2. The summed E-state index contributed by atoms with van der Waals surface area (Å²) >= 11 is 1.62. The summed E-state index contributed by atoms with van der Waals surface area (Å²) < 4.78 is 10.8. The van der Waals surface area contributed by atoms with Crippen LogP contribution in [-0.2, 0) is 6.54 Å². The smallest absolute Gasteiger partial charge is 0.157 e. The van der Waals surface area contributed by atoms with Crippen molar-refractivity contribution in [2.24, 2.45) is 4.99 Å². The molecule has 2 aromatic carbocycles. The molecule has 0 aliphatic carbocycles. The summed E-state index contributed by atoms with van der Waals surface area (Å²) in [6.07, 6.45) is 2.99. The van der Waals surface area contributed by atoms with Gasteiger partial charge in [-0.05, 0) is 17.9 Å². The first-order valence-electron chi connectivity index (χ1n) is 8.85. The lowest BCUT2D eigenvalue weighted by molar-refractivity contribution is 0.386. The lowest BCUT2D eigenvalue weighted by Crippen LogP contribution is -2.43. The molecule has 0 amide bonds. The molecule has 3 rings (SSSR count). The summed E-state index contributed by atoms with van der Waals surface area (Å²) in [5, 5.41) is 4.39. The van der Waals surface area contributed by atoms with E-state index in [1.165, 1.54) is 5.56 Å². The highest BCUT2D eigenvalue weighted by Crippen LogP contribution is 2.32. The van der Waals surface area contributed by atoms with Crippen LogP contribution in [0.4, 0.5) is 0 Å². The van der Waals surface area contributed by atoms with Gasteiger partial charge in [-0.1, -0.05) is 48.2 Å². The molecule has 1 aliphatic rings. The Hall–Kier alpha value is -2.22. The fraction of sp³-hybridized carbons (Fsp3) is 0.350. The molecule has 2 unspecified atom stereocenters. The van der Waals surface area contributed by atoms with Crippen molar-refractivity contribution in [2.45, 2.75) is 25.2 Å². The summed E-state index contributed by atoms with van der Waals surface area (Å²) in [4.78, 5) is 4.69. The lowest BCUT2D eigenvalue weighted by atomic mass is 10.0. The van der Waals surface area contributed by atoms with Crippen LogP contribution in [0.5, 0.6) is 11.5 Å². The Labute approximate surface area is 164 Å². The molecule has 0 aromatic heterocycles. The Balaban J connectivity index is 1.62. The standard InChI is InChI=1S/C20H26N4O2S/c1-25-15-9-10-16(18(11-15)26-2)17-12-19(24-23-17)22-20(27-3)21-13-14-7-5-4-6-8-14/h4-11,17,19,23-24H,12-13H2,1-3H3,(H,21,22). The van der Waals surface area contributed by atoms with E-state index in [-0.39, 0.29) is 12.2 Å². The van der Waals surface area contributed by atoms with Crippen LogP contribution in [0.3, 0.4) is 0 Å². The lowest BCUT2D eigenvalue weighted by Gasteiger charge is -2.16. The van der Waals surface area contributed by atoms with Crippen molar-refractivity contribution in [3.05, 3.63) is 59.7 Å². The normalized spacial score (nSPS) is 19.7. The van der Waals surface area contributed by atoms with Crippen LogP contribution >= 0.6 is 11.8 Å². The van der Waals surface area contributed by atoms with Crippen molar-refractivity contribution in [2.75, 3.05) is 20.5 Å². The number of nitrogens with zero attached hydrogens (tertiary/aromatic N) is 1. The number of rotatable bonds is 6. The third-order valence-electron chi connectivity index (χ3n) is 4.46. The second kappa shape index (κ2) is 9.64. The van der Waals surface area contributed by atoms with Gasteiger partial charge in [-0.2, -0.15) is 0 Å². The van der Waals surface area contributed by atoms with E-state index in [0.29, 0.717) is 6.54 Å². The quantitative estimate of drug-likeness (QED) is 0.524. The number of aliphatic imine (C=N–C) groups is 1. The summed E-state index contributed by atoms with van der Waals surface area (Å²) in [5.74, 6) is 1.60. The average molecular weight is 387 g/mol. The Bertz CT molecular complexity index is 770. The number of amidine groups is 1. The van der Waals surface area contributed by atoms with Gasteiger partial charge in [0.15, 0.2) is 5.17 Å². The van der Waals surface area contributed by atoms with Gasteiger partial charge in [-0.15, -0.1) is 0 Å². The number of benzene rings is 2. The molecule has 1 saturated heterocycles. The highest BCUT2D eigenvalue weighted by Gasteiger charge is 2.27. The Morgan fingerprint density at radius 3 is 2.67 bits per heavy atom. The minimum absolute atomic E-state index is 0.0868. The van der Waals surface area contributed by atoms with E-state index in [4.69, 9.17) is 9.47 Å². The van der Waals surface area contributed by atoms with Gasteiger partial charge in [0.2, 0.25) is 0 Å². The van der Waals surface area contributed by atoms with Crippen LogP contribution in [0.2, 0.25) is 0 Å². The van der Waals surface area contributed by atoms with Crippen molar-refractivity contribution < 1.29 is 9.47 Å². The molecule has 1 aliphatic heterocycles.